The van der Waals surface area contributed by atoms with Crippen molar-refractivity contribution in [3.8, 4) is 0 Å². The SMILES string of the molecule is CCC1(C)CCN(C2CCC(C)(C)C2N)CC1. The topological polar surface area (TPSA) is 29.3 Å². The summed E-state index contributed by atoms with van der Waals surface area (Å²) >= 11 is 0. The highest BCUT2D eigenvalue weighted by molar-refractivity contribution is 5.00. The maximum Gasteiger partial charge on any atom is 0.0252 e. The summed E-state index contributed by atoms with van der Waals surface area (Å²) in [4.78, 5) is 2.68. The molecule has 0 radical (unpaired) electrons. The number of rotatable bonds is 2. The van der Waals surface area contributed by atoms with Gasteiger partial charge in [-0.15, -0.1) is 0 Å². The molecule has 1 aliphatic heterocycles. The largest absolute Gasteiger partial charge is 0.326 e. The fourth-order valence-corrected chi connectivity index (χ4v) is 3.55. The number of likely N-dealkylation sites (tertiary alicyclic amines) is 1. The Morgan fingerprint density at radius 3 is 2.12 bits per heavy atom. The lowest BCUT2D eigenvalue weighted by Gasteiger charge is -2.43. The predicted molar refractivity (Wildman–Crippen MR) is 74.0 cm³/mol. The summed E-state index contributed by atoms with van der Waals surface area (Å²) in [5.74, 6) is 0. The first-order valence-electron chi connectivity index (χ1n) is 7.38. The van der Waals surface area contributed by atoms with E-state index in [2.05, 4.69) is 32.6 Å². The molecule has 1 aliphatic carbocycles. The number of hydrogen-bond acceptors (Lipinski definition) is 2. The lowest BCUT2D eigenvalue weighted by Crippen LogP contribution is -2.52. The standard InChI is InChI=1S/C15H30N2/c1-5-15(4)8-10-17(11-9-15)12-6-7-14(2,3)13(12)16/h12-13H,5-11,16H2,1-4H3. The maximum atomic E-state index is 6.45. The summed E-state index contributed by atoms with van der Waals surface area (Å²) in [7, 11) is 0. The second-order valence-electron chi connectivity index (χ2n) is 7.32. The molecule has 1 heterocycles. The van der Waals surface area contributed by atoms with Crippen molar-refractivity contribution < 1.29 is 0 Å². The number of piperidine rings is 1. The normalized spacial score (nSPS) is 37.2. The van der Waals surface area contributed by atoms with E-state index in [0.29, 0.717) is 22.9 Å². The van der Waals surface area contributed by atoms with Crippen LogP contribution in [0.15, 0.2) is 0 Å². The van der Waals surface area contributed by atoms with Crippen molar-refractivity contribution >= 4 is 0 Å². The first-order chi connectivity index (χ1) is 7.88. The van der Waals surface area contributed by atoms with Crippen LogP contribution in [-0.4, -0.2) is 30.1 Å². The Morgan fingerprint density at radius 1 is 1.12 bits per heavy atom. The Balaban J connectivity index is 1.94. The van der Waals surface area contributed by atoms with E-state index in [-0.39, 0.29) is 0 Å². The maximum absolute atomic E-state index is 6.45. The summed E-state index contributed by atoms with van der Waals surface area (Å²) < 4.78 is 0. The zero-order valence-corrected chi connectivity index (χ0v) is 12.1. The molecule has 2 fully saturated rings. The molecule has 1 saturated carbocycles. The Kier molecular flexibility index (Phi) is 3.57. The third-order valence-electron chi connectivity index (χ3n) is 5.73. The van der Waals surface area contributed by atoms with E-state index in [9.17, 15) is 0 Å². The van der Waals surface area contributed by atoms with Gasteiger partial charge in [0.2, 0.25) is 0 Å². The third-order valence-corrected chi connectivity index (χ3v) is 5.73. The van der Waals surface area contributed by atoms with Gasteiger partial charge in [0.25, 0.3) is 0 Å². The van der Waals surface area contributed by atoms with Crippen molar-refractivity contribution in [3.63, 3.8) is 0 Å². The first kappa shape index (κ1) is 13.4. The Hall–Kier alpha value is -0.0800. The highest BCUT2D eigenvalue weighted by atomic mass is 15.2. The summed E-state index contributed by atoms with van der Waals surface area (Å²) in [5.41, 5.74) is 7.38. The van der Waals surface area contributed by atoms with Crippen molar-refractivity contribution in [3.05, 3.63) is 0 Å². The average Bonchev–Trinajstić information content (AvgIpc) is 2.56. The molecule has 0 spiro atoms. The van der Waals surface area contributed by atoms with Gasteiger partial charge in [-0.2, -0.15) is 0 Å². The molecule has 2 heteroatoms. The van der Waals surface area contributed by atoms with E-state index in [1.54, 1.807) is 0 Å². The lowest BCUT2D eigenvalue weighted by atomic mass is 9.77. The van der Waals surface area contributed by atoms with Crippen LogP contribution < -0.4 is 5.73 Å². The first-order valence-corrected chi connectivity index (χ1v) is 7.38. The number of nitrogens with zero attached hydrogens (tertiary/aromatic N) is 1. The second kappa shape index (κ2) is 4.55. The van der Waals surface area contributed by atoms with Gasteiger partial charge in [-0.25, -0.2) is 0 Å². The van der Waals surface area contributed by atoms with Gasteiger partial charge in [0.15, 0.2) is 0 Å². The summed E-state index contributed by atoms with van der Waals surface area (Å²) in [6.07, 6.45) is 6.63. The van der Waals surface area contributed by atoms with Gasteiger partial charge in [0.05, 0.1) is 0 Å². The minimum Gasteiger partial charge on any atom is -0.326 e. The van der Waals surface area contributed by atoms with Gasteiger partial charge in [0, 0.05) is 12.1 Å². The van der Waals surface area contributed by atoms with Gasteiger partial charge in [-0.3, -0.25) is 4.90 Å². The zero-order valence-electron chi connectivity index (χ0n) is 12.1. The summed E-state index contributed by atoms with van der Waals surface area (Å²) in [5, 5.41) is 0. The highest BCUT2D eigenvalue weighted by Gasteiger charge is 2.43. The van der Waals surface area contributed by atoms with Crippen molar-refractivity contribution in [2.75, 3.05) is 13.1 Å². The van der Waals surface area contributed by atoms with Gasteiger partial charge in [-0.05, 0) is 49.6 Å². The van der Waals surface area contributed by atoms with Crippen LogP contribution >= 0.6 is 0 Å². The molecule has 100 valence electrons. The lowest BCUT2D eigenvalue weighted by molar-refractivity contribution is 0.0707. The Labute approximate surface area is 107 Å². The summed E-state index contributed by atoms with van der Waals surface area (Å²) in [6.45, 7) is 12.0. The molecule has 17 heavy (non-hydrogen) atoms. The fraction of sp³-hybridized carbons (Fsp3) is 1.00. The predicted octanol–water partition coefficient (Wildman–Crippen LogP) is 3.01. The van der Waals surface area contributed by atoms with Crippen LogP contribution in [0.3, 0.4) is 0 Å². The Bertz CT molecular complexity index is 264. The molecule has 0 aromatic rings. The van der Waals surface area contributed by atoms with Crippen LogP contribution in [-0.2, 0) is 0 Å². The van der Waals surface area contributed by atoms with E-state index in [1.165, 1.54) is 45.2 Å². The van der Waals surface area contributed by atoms with Gasteiger partial charge >= 0.3 is 0 Å². The molecule has 1 saturated heterocycles. The van der Waals surface area contributed by atoms with Crippen LogP contribution in [0.5, 0.6) is 0 Å². The molecule has 2 rings (SSSR count). The quantitative estimate of drug-likeness (QED) is 0.801. The van der Waals surface area contributed by atoms with E-state index in [1.807, 2.05) is 0 Å². The molecule has 2 nitrogen and oxygen atoms in total. The minimum absolute atomic E-state index is 0.343. The highest BCUT2D eigenvalue weighted by Crippen LogP contribution is 2.41. The molecule has 2 atom stereocenters. The van der Waals surface area contributed by atoms with E-state index in [0.717, 1.165) is 0 Å². The van der Waals surface area contributed by atoms with Crippen molar-refractivity contribution in [2.24, 2.45) is 16.6 Å². The van der Waals surface area contributed by atoms with Crippen LogP contribution in [0.25, 0.3) is 0 Å². The zero-order chi connectivity index (χ0) is 12.7. The van der Waals surface area contributed by atoms with Crippen molar-refractivity contribution in [2.45, 2.75) is 71.9 Å². The Morgan fingerprint density at radius 2 is 1.71 bits per heavy atom. The second-order valence-corrected chi connectivity index (χ2v) is 7.32. The van der Waals surface area contributed by atoms with E-state index >= 15 is 0 Å². The minimum atomic E-state index is 0.343. The number of nitrogens with two attached hydrogens (primary N) is 1. The van der Waals surface area contributed by atoms with Crippen molar-refractivity contribution in [1.29, 1.82) is 0 Å². The number of hydrogen-bond donors (Lipinski definition) is 1. The molecule has 0 bridgehead atoms. The third kappa shape index (κ3) is 2.53. The van der Waals surface area contributed by atoms with Crippen LogP contribution in [0.1, 0.15) is 59.8 Å². The average molecular weight is 238 g/mol. The van der Waals surface area contributed by atoms with Crippen molar-refractivity contribution in [1.82, 2.24) is 4.90 Å². The molecule has 2 aliphatic rings. The smallest absolute Gasteiger partial charge is 0.0252 e. The molecule has 2 N–H and O–H groups in total. The van der Waals surface area contributed by atoms with E-state index < -0.39 is 0 Å². The van der Waals surface area contributed by atoms with Crippen LogP contribution in [0, 0.1) is 10.8 Å². The molecule has 2 unspecified atom stereocenters. The summed E-state index contributed by atoms with van der Waals surface area (Å²) in [6, 6.07) is 1.01. The fourth-order valence-electron chi connectivity index (χ4n) is 3.55. The van der Waals surface area contributed by atoms with Crippen LogP contribution in [0.4, 0.5) is 0 Å². The van der Waals surface area contributed by atoms with E-state index in [4.69, 9.17) is 5.73 Å². The molecule has 0 aromatic carbocycles. The monoisotopic (exact) mass is 238 g/mol. The molecule has 0 amide bonds. The molecular formula is C15H30N2. The molecular weight excluding hydrogens is 208 g/mol. The van der Waals surface area contributed by atoms with Gasteiger partial charge in [0.1, 0.15) is 0 Å². The van der Waals surface area contributed by atoms with Gasteiger partial charge < -0.3 is 5.73 Å². The molecule has 0 aromatic heterocycles. The van der Waals surface area contributed by atoms with Gasteiger partial charge in [-0.1, -0.05) is 34.1 Å². The van der Waals surface area contributed by atoms with Crippen LogP contribution in [0.2, 0.25) is 0 Å².